The summed E-state index contributed by atoms with van der Waals surface area (Å²) in [6.45, 7) is 4.89. The SMILES string of the molecule is CC(C)(C)OS(=O)(=O)C=Cc1ccc([N+](=O)[O-])cc1. The Labute approximate surface area is 112 Å². The zero-order chi connectivity index (χ0) is 14.7. The lowest BCUT2D eigenvalue weighted by Crippen LogP contribution is -2.22. The summed E-state index contributed by atoms with van der Waals surface area (Å²) in [6, 6.07) is 5.52. The maximum absolute atomic E-state index is 11.6. The van der Waals surface area contributed by atoms with Crippen LogP contribution in [0.25, 0.3) is 6.08 Å². The van der Waals surface area contributed by atoms with Crippen molar-refractivity contribution in [3.63, 3.8) is 0 Å². The molecule has 0 saturated carbocycles. The molecule has 0 N–H and O–H groups in total. The van der Waals surface area contributed by atoms with E-state index >= 15 is 0 Å². The fraction of sp³-hybridized carbons (Fsp3) is 0.333. The van der Waals surface area contributed by atoms with Crippen LogP contribution in [0.5, 0.6) is 0 Å². The molecule has 6 nitrogen and oxygen atoms in total. The molecule has 19 heavy (non-hydrogen) atoms. The van der Waals surface area contributed by atoms with Crippen LogP contribution in [0.4, 0.5) is 5.69 Å². The Balaban J connectivity index is 2.84. The summed E-state index contributed by atoms with van der Waals surface area (Å²) in [7, 11) is -3.78. The van der Waals surface area contributed by atoms with Gasteiger partial charge >= 0.3 is 0 Å². The fourth-order valence-corrected chi connectivity index (χ4v) is 2.32. The van der Waals surface area contributed by atoms with E-state index in [1.165, 1.54) is 30.3 Å². The van der Waals surface area contributed by atoms with Crippen molar-refractivity contribution in [2.45, 2.75) is 26.4 Å². The Bertz CT molecular complexity index is 582. The molecular formula is C12H15NO5S. The van der Waals surface area contributed by atoms with Crippen molar-refractivity contribution in [1.82, 2.24) is 0 Å². The third-order valence-electron chi connectivity index (χ3n) is 1.90. The first-order valence-corrected chi connectivity index (χ1v) is 6.94. The second-order valence-electron chi connectivity index (χ2n) is 4.84. The summed E-state index contributed by atoms with van der Waals surface area (Å²) in [4.78, 5) is 9.94. The van der Waals surface area contributed by atoms with Gasteiger partial charge in [-0.25, -0.2) is 0 Å². The molecule has 1 rings (SSSR count). The third kappa shape index (κ3) is 5.62. The van der Waals surface area contributed by atoms with Gasteiger partial charge in [-0.15, -0.1) is 0 Å². The number of hydrogen-bond donors (Lipinski definition) is 0. The molecule has 0 fully saturated rings. The first-order valence-electron chi connectivity index (χ1n) is 5.47. The van der Waals surface area contributed by atoms with E-state index in [0.717, 1.165) is 5.41 Å². The standard InChI is InChI=1S/C12H15NO5S/c1-12(2,3)18-19(16,17)9-8-10-4-6-11(7-5-10)13(14)15/h4-9H,1-3H3. The highest BCUT2D eigenvalue weighted by Crippen LogP contribution is 2.16. The van der Waals surface area contributed by atoms with Crippen LogP contribution in [0.1, 0.15) is 26.3 Å². The Morgan fingerprint density at radius 3 is 2.16 bits per heavy atom. The summed E-state index contributed by atoms with van der Waals surface area (Å²) in [5.74, 6) is 0. The molecule has 1 aromatic carbocycles. The number of nitro groups is 1. The van der Waals surface area contributed by atoms with Gasteiger partial charge in [0, 0.05) is 12.1 Å². The Morgan fingerprint density at radius 2 is 1.74 bits per heavy atom. The summed E-state index contributed by atoms with van der Waals surface area (Å²) >= 11 is 0. The van der Waals surface area contributed by atoms with Crippen molar-refractivity contribution in [1.29, 1.82) is 0 Å². The summed E-state index contributed by atoms with van der Waals surface area (Å²) < 4.78 is 28.0. The highest BCUT2D eigenvalue weighted by molar-refractivity contribution is 7.89. The molecule has 0 atom stereocenters. The average molecular weight is 285 g/mol. The maximum atomic E-state index is 11.6. The number of nitrogens with zero attached hydrogens (tertiary/aromatic N) is 1. The van der Waals surface area contributed by atoms with Crippen LogP contribution >= 0.6 is 0 Å². The molecule has 0 saturated heterocycles. The summed E-state index contributed by atoms with van der Waals surface area (Å²) in [5.41, 5.74) is -0.323. The molecule has 0 heterocycles. The van der Waals surface area contributed by atoms with Crippen LogP contribution in [0.15, 0.2) is 29.7 Å². The zero-order valence-corrected chi connectivity index (χ0v) is 11.7. The zero-order valence-electron chi connectivity index (χ0n) is 10.9. The van der Waals surface area contributed by atoms with Gasteiger partial charge in [0.2, 0.25) is 0 Å². The van der Waals surface area contributed by atoms with Crippen molar-refractivity contribution in [3.8, 4) is 0 Å². The number of non-ortho nitro benzene ring substituents is 1. The lowest BCUT2D eigenvalue weighted by atomic mass is 10.2. The molecule has 0 aliphatic rings. The molecule has 0 aliphatic carbocycles. The number of hydrogen-bond acceptors (Lipinski definition) is 5. The molecule has 0 unspecified atom stereocenters. The lowest BCUT2D eigenvalue weighted by Gasteiger charge is -2.16. The molecule has 0 aromatic heterocycles. The monoisotopic (exact) mass is 285 g/mol. The minimum atomic E-state index is -3.78. The second kappa shape index (κ2) is 5.50. The van der Waals surface area contributed by atoms with Crippen LogP contribution < -0.4 is 0 Å². The van der Waals surface area contributed by atoms with Crippen LogP contribution in [-0.2, 0) is 14.3 Å². The molecule has 1 aromatic rings. The smallest absolute Gasteiger partial charge is 0.261 e. The van der Waals surface area contributed by atoms with Crippen LogP contribution in [-0.4, -0.2) is 18.9 Å². The molecule has 0 spiro atoms. The molecule has 0 bridgehead atoms. The Morgan fingerprint density at radius 1 is 1.21 bits per heavy atom. The van der Waals surface area contributed by atoms with E-state index in [-0.39, 0.29) is 5.69 Å². The topological polar surface area (TPSA) is 86.5 Å². The predicted molar refractivity (Wildman–Crippen MR) is 71.9 cm³/mol. The second-order valence-corrected chi connectivity index (χ2v) is 6.26. The number of nitro benzene ring substituents is 1. The minimum Gasteiger partial charge on any atom is -0.261 e. The van der Waals surface area contributed by atoms with Crippen molar-refractivity contribution in [2.75, 3.05) is 0 Å². The maximum Gasteiger partial charge on any atom is 0.290 e. The van der Waals surface area contributed by atoms with Gasteiger partial charge in [0.1, 0.15) is 0 Å². The average Bonchev–Trinajstić information content (AvgIpc) is 2.24. The van der Waals surface area contributed by atoms with E-state index in [4.69, 9.17) is 4.18 Å². The van der Waals surface area contributed by atoms with Crippen molar-refractivity contribution < 1.29 is 17.5 Å². The molecule has 0 radical (unpaired) electrons. The van der Waals surface area contributed by atoms with Crippen molar-refractivity contribution >= 4 is 21.9 Å². The van der Waals surface area contributed by atoms with Crippen molar-refractivity contribution in [2.24, 2.45) is 0 Å². The number of benzene rings is 1. The van der Waals surface area contributed by atoms with E-state index in [2.05, 4.69) is 0 Å². The summed E-state index contributed by atoms with van der Waals surface area (Å²) in [6.07, 6.45) is 1.32. The van der Waals surface area contributed by atoms with E-state index in [9.17, 15) is 18.5 Å². The van der Waals surface area contributed by atoms with Crippen LogP contribution in [0.3, 0.4) is 0 Å². The normalized spacial score (nSPS) is 12.8. The molecule has 104 valence electrons. The van der Waals surface area contributed by atoms with Gasteiger partial charge in [0.15, 0.2) is 0 Å². The molecule has 7 heteroatoms. The van der Waals surface area contributed by atoms with Gasteiger partial charge in [-0.2, -0.15) is 8.42 Å². The van der Waals surface area contributed by atoms with Gasteiger partial charge in [0.25, 0.3) is 15.8 Å². The van der Waals surface area contributed by atoms with Gasteiger partial charge in [-0.1, -0.05) is 0 Å². The van der Waals surface area contributed by atoms with E-state index < -0.39 is 20.6 Å². The van der Waals surface area contributed by atoms with Gasteiger partial charge in [-0.05, 0) is 44.5 Å². The lowest BCUT2D eigenvalue weighted by molar-refractivity contribution is -0.384. The van der Waals surface area contributed by atoms with Crippen LogP contribution in [0, 0.1) is 10.1 Å². The minimum absolute atomic E-state index is 0.0500. The molecule has 0 amide bonds. The van der Waals surface area contributed by atoms with Gasteiger partial charge in [-0.3, -0.25) is 14.3 Å². The van der Waals surface area contributed by atoms with E-state index in [1.807, 2.05) is 0 Å². The quantitative estimate of drug-likeness (QED) is 0.482. The van der Waals surface area contributed by atoms with Gasteiger partial charge in [0.05, 0.1) is 15.9 Å². The van der Waals surface area contributed by atoms with Gasteiger partial charge < -0.3 is 0 Å². The first kappa shape index (κ1) is 15.3. The third-order valence-corrected chi connectivity index (χ3v) is 3.10. The van der Waals surface area contributed by atoms with Crippen molar-refractivity contribution in [3.05, 3.63) is 45.4 Å². The Hall–Kier alpha value is -1.73. The van der Waals surface area contributed by atoms with E-state index in [0.29, 0.717) is 5.56 Å². The fourth-order valence-electron chi connectivity index (χ4n) is 1.25. The highest BCUT2D eigenvalue weighted by Gasteiger charge is 2.19. The largest absolute Gasteiger partial charge is 0.290 e. The first-order chi connectivity index (χ1) is 8.59. The molecule has 0 aliphatic heterocycles. The highest BCUT2D eigenvalue weighted by atomic mass is 32.2. The Kier molecular flexibility index (Phi) is 4.43. The van der Waals surface area contributed by atoms with Crippen LogP contribution in [0.2, 0.25) is 0 Å². The van der Waals surface area contributed by atoms with E-state index in [1.54, 1.807) is 20.8 Å². The number of rotatable bonds is 4. The summed E-state index contributed by atoms with van der Waals surface area (Å²) in [5, 5.41) is 11.4. The molecular weight excluding hydrogens is 270 g/mol. The predicted octanol–water partition coefficient (Wildman–Crippen LogP) is 2.71.